The van der Waals surface area contributed by atoms with Crippen molar-refractivity contribution in [2.75, 3.05) is 19.6 Å². The van der Waals surface area contributed by atoms with Gasteiger partial charge in [0.25, 0.3) is 5.91 Å². The summed E-state index contributed by atoms with van der Waals surface area (Å²) in [5, 5.41) is 3.09. The van der Waals surface area contributed by atoms with E-state index in [2.05, 4.69) is 5.32 Å². The summed E-state index contributed by atoms with van der Waals surface area (Å²) >= 11 is 0. The molecule has 0 radical (unpaired) electrons. The number of carbonyl (C=O) groups excluding carboxylic acids is 3. The maximum absolute atomic E-state index is 13.0. The Morgan fingerprint density at radius 1 is 1.00 bits per heavy atom. The molecule has 31 heavy (non-hydrogen) atoms. The Morgan fingerprint density at radius 3 is 2.35 bits per heavy atom. The fourth-order valence-corrected chi connectivity index (χ4v) is 4.37. The Labute approximate surface area is 183 Å². The molecule has 0 aromatic heterocycles. The number of carbonyl (C=O) groups is 3. The van der Waals surface area contributed by atoms with Gasteiger partial charge in [0.05, 0.1) is 5.92 Å². The minimum Gasteiger partial charge on any atom is -0.349 e. The molecule has 0 aliphatic carbocycles. The van der Waals surface area contributed by atoms with Gasteiger partial charge in [0.1, 0.15) is 0 Å². The van der Waals surface area contributed by atoms with Crippen molar-refractivity contribution in [3.8, 4) is 0 Å². The maximum atomic E-state index is 13.0. The third-order valence-corrected chi connectivity index (χ3v) is 6.24. The van der Waals surface area contributed by atoms with Gasteiger partial charge in [-0.1, -0.05) is 48.0 Å². The number of benzene rings is 2. The van der Waals surface area contributed by atoms with Gasteiger partial charge in [-0.05, 0) is 37.5 Å². The molecular weight excluding hydrogens is 390 g/mol. The summed E-state index contributed by atoms with van der Waals surface area (Å²) in [5.74, 6) is -0.229. The van der Waals surface area contributed by atoms with Crippen LogP contribution in [0.15, 0.2) is 54.6 Å². The van der Waals surface area contributed by atoms with E-state index >= 15 is 0 Å². The third-order valence-electron chi connectivity index (χ3n) is 6.24. The number of hydrogen-bond donors (Lipinski definition) is 1. The van der Waals surface area contributed by atoms with Crippen molar-refractivity contribution in [3.05, 3.63) is 71.3 Å². The van der Waals surface area contributed by atoms with E-state index in [1.165, 1.54) is 0 Å². The van der Waals surface area contributed by atoms with E-state index in [1.807, 2.05) is 66.4 Å². The zero-order chi connectivity index (χ0) is 21.8. The average molecular weight is 420 g/mol. The monoisotopic (exact) mass is 419 g/mol. The zero-order valence-corrected chi connectivity index (χ0v) is 17.9. The van der Waals surface area contributed by atoms with Crippen molar-refractivity contribution in [2.45, 2.75) is 38.8 Å². The first-order chi connectivity index (χ1) is 15.0. The molecule has 2 saturated heterocycles. The highest BCUT2D eigenvalue weighted by Crippen LogP contribution is 2.24. The van der Waals surface area contributed by atoms with Gasteiger partial charge >= 0.3 is 0 Å². The van der Waals surface area contributed by atoms with Crippen molar-refractivity contribution in [1.82, 2.24) is 15.1 Å². The Hall–Kier alpha value is -3.15. The number of piperidine rings is 1. The lowest BCUT2D eigenvalue weighted by Gasteiger charge is -2.33. The van der Waals surface area contributed by atoms with Gasteiger partial charge < -0.3 is 15.1 Å². The summed E-state index contributed by atoms with van der Waals surface area (Å²) in [6.45, 7) is 4.25. The second-order valence-corrected chi connectivity index (χ2v) is 8.60. The topological polar surface area (TPSA) is 69.7 Å². The van der Waals surface area contributed by atoms with E-state index < -0.39 is 0 Å². The molecule has 1 N–H and O–H groups in total. The van der Waals surface area contributed by atoms with Gasteiger partial charge in [-0.15, -0.1) is 0 Å². The zero-order valence-electron chi connectivity index (χ0n) is 17.9. The largest absolute Gasteiger partial charge is 0.349 e. The highest BCUT2D eigenvalue weighted by molar-refractivity contribution is 5.94. The van der Waals surface area contributed by atoms with Gasteiger partial charge in [0, 0.05) is 44.2 Å². The van der Waals surface area contributed by atoms with E-state index in [4.69, 9.17) is 0 Å². The second-order valence-electron chi connectivity index (χ2n) is 8.60. The van der Waals surface area contributed by atoms with Crippen molar-refractivity contribution < 1.29 is 14.4 Å². The summed E-state index contributed by atoms with van der Waals surface area (Å²) in [5.41, 5.74) is 2.86. The molecule has 2 heterocycles. The molecule has 2 aliphatic heterocycles. The summed E-state index contributed by atoms with van der Waals surface area (Å²) in [6.07, 6.45) is 1.76. The molecule has 3 amide bonds. The van der Waals surface area contributed by atoms with Gasteiger partial charge in [0.2, 0.25) is 11.8 Å². The molecule has 6 heteroatoms. The molecule has 0 spiro atoms. The highest BCUT2D eigenvalue weighted by Gasteiger charge is 2.37. The molecule has 2 fully saturated rings. The van der Waals surface area contributed by atoms with Crippen molar-refractivity contribution >= 4 is 17.7 Å². The predicted molar refractivity (Wildman–Crippen MR) is 118 cm³/mol. The molecule has 0 bridgehead atoms. The van der Waals surface area contributed by atoms with E-state index in [0.29, 0.717) is 31.7 Å². The quantitative estimate of drug-likeness (QED) is 0.810. The molecule has 0 saturated carbocycles. The van der Waals surface area contributed by atoms with Crippen LogP contribution in [-0.2, 0) is 16.1 Å². The Bertz CT molecular complexity index is 934. The van der Waals surface area contributed by atoms with Gasteiger partial charge in [-0.2, -0.15) is 0 Å². The standard InChI is InChI=1S/C25H29N3O3/c1-18-7-9-20(10-8-18)24(30)26-22-11-13-27(14-12-22)25(31)21-15-23(29)28(17-21)16-19-5-3-2-4-6-19/h2-10,21-22H,11-17H2,1H3,(H,26,30). The fraction of sp³-hybridized carbons (Fsp3) is 0.400. The molecule has 1 unspecified atom stereocenters. The number of hydrogen-bond acceptors (Lipinski definition) is 3. The lowest BCUT2D eigenvalue weighted by molar-refractivity contribution is -0.136. The first-order valence-electron chi connectivity index (χ1n) is 11.0. The highest BCUT2D eigenvalue weighted by atomic mass is 16.2. The van der Waals surface area contributed by atoms with E-state index in [-0.39, 0.29) is 36.1 Å². The van der Waals surface area contributed by atoms with E-state index in [0.717, 1.165) is 24.0 Å². The molecule has 162 valence electrons. The summed E-state index contributed by atoms with van der Waals surface area (Å²) in [7, 11) is 0. The summed E-state index contributed by atoms with van der Waals surface area (Å²) < 4.78 is 0. The predicted octanol–water partition coefficient (Wildman–Crippen LogP) is 2.76. The molecule has 6 nitrogen and oxygen atoms in total. The number of rotatable bonds is 5. The van der Waals surface area contributed by atoms with Crippen LogP contribution in [0.2, 0.25) is 0 Å². The molecule has 2 aromatic carbocycles. The van der Waals surface area contributed by atoms with Crippen molar-refractivity contribution in [1.29, 1.82) is 0 Å². The summed E-state index contributed by atoms with van der Waals surface area (Å²) in [4.78, 5) is 41.5. The van der Waals surface area contributed by atoms with Gasteiger partial charge in [-0.25, -0.2) is 0 Å². The number of aryl methyl sites for hydroxylation is 1. The van der Waals surface area contributed by atoms with Crippen LogP contribution in [0, 0.1) is 12.8 Å². The lowest BCUT2D eigenvalue weighted by atomic mass is 10.0. The molecule has 1 atom stereocenters. The average Bonchev–Trinajstić information content (AvgIpc) is 3.15. The number of likely N-dealkylation sites (tertiary alicyclic amines) is 2. The SMILES string of the molecule is Cc1ccc(C(=O)NC2CCN(C(=O)C3CC(=O)N(Cc4ccccc4)C3)CC2)cc1. The first-order valence-corrected chi connectivity index (χ1v) is 11.0. The van der Waals surface area contributed by atoms with Gasteiger partial charge in [0.15, 0.2) is 0 Å². The first kappa shape index (κ1) is 21.1. The van der Waals surface area contributed by atoms with Crippen molar-refractivity contribution in [2.24, 2.45) is 5.92 Å². The van der Waals surface area contributed by atoms with Crippen LogP contribution in [0.4, 0.5) is 0 Å². The van der Waals surface area contributed by atoms with E-state index in [9.17, 15) is 14.4 Å². The van der Waals surface area contributed by atoms with Crippen LogP contribution in [0.3, 0.4) is 0 Å². The van der Waals surface area contributed by atoms with Crippen LogP contribution < -0.4 is 5.32 Å². The van der Waals surface area contributed by atoms with Crippen LogP contribution in [0.5, 0.6) is 0 Å². The van der Waals surface area contributed by atoms with E-state index in [1.54, 1.807) is 4.90 Å². The maximum Gasteiger partial charge on any atom is 0.251 e. The Morgan fingerprint density at radius 2 is 1.68 bits per heavy atom. The van der Waals surface area contributed by atoms with Crippen LogP contribution >= 0.6 is 0 Å². The van der Waals surface area contributed by atoms with Crippen LogP contribution in [-0.4, -0.2) is 53.2 Å². The summed E-state index contributed by atoms with van der Waals surface area (Å²) in [6, 6.07) is 17.5. The van der Waals surface area contributed by atoms with Crippen LogP contribution in [0.1, 0.15) is 40.7 Å². The smallest absolute Gasteiger partial charge is 0.251 e. The normalized spacial score (nSPS) is 19.5. The third kappa shape index (κ3) is 5.13. The van der Waals surface area contributed by atoms with Crippen molar-refractivity contribution in [3.63, 3.8) is 0 Å². The minimum absolute atomic E-state index is 0.0439. The minimum atomic E-state index is -0.269. The molecule has 4 rings (SSSR count). The molecular formula is C25H29N3O3. The molecule has 2 aromatic rings. The Balaban J connectivity index is 1.26. The lowest BCUT2D eigenvalue weighted by Crippen LogP contribution is -2.48. The van der Waals surface area contributed by atoms with Gasteiger partial charge in [-0.3, -0.25) is 14.4 Å². The number of nitrogens with zero attached hydrogens (tertiary/aromatic N) is 2. The van der Waals surface area contributed by atoms with Crippen LogP contribution in [0.25, 0.3) is 0 Å². The Kier molecular flexibility index (Phi) is 6.35. The number of nitrogens with one attached hydrogen (secondary N) is 1. The second kappa shape index (κ2) is 9.33. The number of amides is 3. The molecule has 2 aliphatic rings. The fourth-order valence-electron chi connectivity index (χ4n) is 4.37.